The molecule has 0 fully saturated rings. The Morgan fingerprint density at radius 3 is 1.76 bits per heavy atom. The highest BCUT2D eigenvalue weighted by atomic mass is 31.2. The zero-order chi connectivity index (χ0) is 26.7. The molecule has 0 bridgehead atoms. The van der Waals surface area contributed by atoms with Gasteiger partial charge in [-0.15, -0.1) is 0 Å². The molecule has 0 aliphatic heterocycles. The summed E-state index contributed by atoms with van der Waals surface area (Å²) in [6, 6.07) is 20.3. The van der Waals surface area contributed by atoms with Crippen molar-refractivity contribution in [3.63, 3.8) is 0 Å². The molecule has 0 aliphatic rings. The van der Waals surface area contributed by atoms with Crippen molar-refractivity contribution in [2.45, 2.75) is 27.7 Å². The molecule has 4 rings (SSSR count). The average Bonchev–Trinajstić information content (AvgIpc) is 2.84. The second kappa shape index (κ2) is 10.5. The van der Waals surface area contributed by atoms with Crippen molar-refractivity contribution in [2.75, 3.05) is 0 Å². The van der Waals surface area contributed by atoms with Crippen LogP contribution in [0.25, 0.3) is 0 Å². The summed E-state index contributed by atoms with van der Waals surface area (Å²) in [6.07, 6.45) is 0. The van der Waals surface area contributed by atoms with Crippen LogP contribution < -0.4 is 18.5 Å². The zero-order valence-corrected chi connectivity index (χ0v) is 21.7. The van der Waals surface area contributed by atoms with E-state index in [0.717, 1.165) is 11.1 Å². The van der Waals surface area contributed by atoms with Crippen molar-refractivity contribution in [3.05, 3.63) is 95.1 Å². The fourth-order valence-electron chi connectivity index (χ4n) is 3.52. The normalized spacial score (nSPS) is 12.5. The average molecular weight is 522 g/mol. The zero-order valence-electron chi connectivity index (χ0n) is 20.8. The molecule has 37 heavy (non-hydrogen) atoms. The van der Waals surface area contributed by atoms with Crippen LogP contribution in [0.15, 0.2) is 72.8 Å². The lowest BCUT2D eigenvalue weighted by molar-refractivity contribution is 0.277. The van der Waals surface area contributed by atoms with Gasteiger partial charge in [0.25, 0.3) is 0 Å². The summed E-state index contributed by atoms with van der Waals surface area (Å²) < 4.78 is 35.4. The lowest BCUT2D eigenvalue weighted by Crippen LogP contribution is -2.04. The Morgan fingerprint density at radius 2 is 1.19 bits per heavy atom. The van der Waals surface area contributed by atoms with Gasteiger partial charge in [0.2, 0.25) is 0 Å². The number of para-hydroxylation sites is 1. The van der Waals surface area contributed by atoms with Crippen molar-refractivity contribution in [3.8, 4) is 46.0 Å². The molecular formula is C28H27O8P. The number of phenols is 2. The standard InChI is InChI=1S/C28H27O8P/c1-17-8-12-21(13-9-17)33-25-16-24(30)27(20(4)28(25)34-22-14-10-18(2)11-15-22)36-37(31,32)35-26-19(3)6-5-7-23(26)29/h5-16,29-30H,1-4H3,(H,31,32). The Morgan fingerprint density at radius 1 is 0.649 bits per heavy atom. The number of rotatable bonds is 8. The molecule has 3 N–H and O–H groups in total. The maximum Gasteiger partial charge on any atom is 0.585 e. The van der Waals surface area contributed by atoms with Gasteiger partial charge in [-0.3, -0.25) is 4.89 Å². The van der Waals surface area contributed by atoms with Crippen LogP contribution in [0.2, 0.25) is 0 Å². The molecule has 0 aromatic heterocycles. The van der Waals surface area contributed by atoms with E-state index in [1.165, 1.54) is 12.1 Å². The predicted molar refractivity (Wildman–Crippen MR) is 139 cm³/mol. The van der Waals surface area contributed by atoms with Crippen molar-refractivity contribution >= 4 is 7.82 Å². The highest BCUT2D eigenvalue weighted by molar-refractivity contribution is 7.48. The molecule has 0 radical (unpaired) electrons. The molecule has 192 valence electrons. The van der Waals surface area contributed by atoms with Gasteiger partial charge in [0, 0.05) is 11.6 Å². The van der Waals surface area contributed by atoms with Gasteiger partial charge in [0.05, 0.1) is 0 Å². The third-order valence-corrected chi connectivity index (χ3v) is 6.33. The van der Waals surface area contributed by atoms with E-state index in [-0.39, 0.29) is 34.3 Å². The quantitative estimate of drug-likeness (QED) is 0.204. The van der Waals surface area contributed by atoms with Crippen LogP contribution in [0.1, 0.15) is 22.3 Å². The largest absolute Gasteiger partial charge is 0.585 e. The molecule has 8 nitrogen and oxygen atoms in total. The first kappa shape index (κ1) is 25.9. The van der Waals surface area contributed by atoms with Crippen LogP contribution >= 0.6 is 7.82 Å². The van der Waals surface area contributed by atoms with Crippen molar-refractivity contribution in [1.29, 1.82) is 0 Å². The van der Waals surface area contributed by atoms with E-state index < -0.39 is 13.6 Å². The third kappa shape index (κ3) is 6.17. The minimum atomic E-state index is -4.86. The lowest BCUT2D eigenvalue weighted by atomic mass is 10.1. The molecular weight excluding hydrogens is 495 g/mol. The van der Waals surface area contributed by atoms with Gasteiger partial charge in [-0.05, 0) is 63.6 Å². The summed E-state index contributed by atoms with van der Waals surface area (Å²) in [5.41, 5.74) is 2.69. The van der Waals surface area contributed by atoms with E-state index >= 15 is 0 Å². The summed E-state index contributed by atoms with van der Waals surface area (Å²) in [5.74, 6) is -0.0385. The van der Waals surface area contributed by atoms with Crippen molar-refractivity contribution in [1.82, 2.24) is 0 Å². The molecule has 1 unspecified atom stereocenters. The summed E-state index contributed by atoms with van der Waals surface area (Å²) >= 11 is 0. The van der Waals surface area contributed by atoms with E-state index in [1.807, 2.05) is 38.1 Å². The second-order valence-electron chi connectivity index (χ2n) is 8.58. The van der Waals surface area contributed by atoms with Gasteiger partial charge in [-0.25, -0.2) is 4.57 Å². The predicted octanol–water partition coefficient (Wildman–Crippen LogP) is 7.47. The highest BCUT2D eigenvalue weighted by Gasteiger charge is 2.32. The number of phosphoric acid groups is 1. The van der Waals surface area contributed by atoms with E-state index in [0.29, 0.717) is 17.1 Å². The van der Waals surface area contributed by atoms with Gasteiger partial charge >= 0.3 is 7.82 Å². The first-order valence-corrected chi connectivity index (χ1v) is 12.9. The minimum Gasteiger partial charge on any atom is -0.504 e. The Bertz CT molecular complexity index is 1440. The molecule has 1 atom stereocenters. The Kier molecular flexibility index (Phi) is 7.34. The van der Waals surface area contributed by atoms with Crippen molar-refractivity contribution < 1.29 is 38.2 Å². The molecule has 4 aromatic rings. The number of ether oxygens (including phenoxy) is 2. The Balaban J connectivity index is 1.73. The van der Waals surface area contributed by atoms with Gasteiger partial charge in [-0.1, -0.05) is 47.5 Å². The first-order valence-electron chi connectivity index (χ1n) is 11.4. The van der Waals surface area contributed by atoms with Crippen LogP contribution in [0.5, 0.6) is 46.0 Å². The molecule has 0 saturated carbocycles. The fraction of sp³-hybridized carbons (Fsp3) is 0.143. The van der Waals surface area contributed by atoms with Crippen LogP contribution in [-0.4, -0.2) is 15.1 Å². The number of aromatic hydroxyl groups is 2. The summed E-state index contributed by atoms with van der Waals surface area (Å²) in [7, 11) is -4.86. The van der Waals surface area contributed by atoms with Crippen LogP contribution in [-0.2, 0) is 4.57 Å². The number of benzene rings is 4. The van der Waals surface area contributed by atoms with E-state index in [9.17, 15) is 19.7 Å². The van der Waals surface area contributed by atoms with Crippen molar-refractivity contribution in [2.24, 2.45) is 0 Å². The summed E-state index contributed by atoms with van der Waals surface area (Å²) in [6.45, 7) is 7.04. The molecule has 0 saturated heterocycles. The first-order chi connectivity index (χ1) is 17.5. The maximum absolute atomic E-state index is 12.9. The smallest absolute Gasteiger partial charge is 0.504 e. The summed E-state index contributed by atoms with van der Waals surface area (Å²) in [4.78, 5) is 10.5. The van der Waals surface area contributed by atoms with Gasteiger partial charge in [0.1, 0.15) is 11.5 Å². The van der Waals surface area contributed by atoms with E-state index in [1.54, 1.807) is 50.2 Å². The van der Waals surface area contributed by atoms with Gasteiger partial charge in [0.15, 0.2) is 34.5 Å². The molecule has 0 aliphatic carbocycles. The number of aryl methyl sites for hydroxylation is 3. The number of phosphoric ester groups is 1. The summed E-state index contributed by atoms with van der Waals surface area (Å²) in [5, 5.41) is 20.8. The van der Waals surface area contributed by atoms with Gasteiger partial charge < -0.3 is 28.7 Å². The molecule has 4 aromatic carbocycles. The highest BCUT2D eigenvalue weighted by Crippen LogP contribution is 2.54. The number of hydrogen-bond donors (Lipinski definition) is 3. The number of hydrogen-bond acceptors (Lipinski definition) is 7. The molecule has 0 heterocycles. The topological polar surface area (TPSA) is 115 Å². The molecule has 9 heteroatoms. The lowest BCUT2D eigenvalue weighted by Gasteiger charge is -2.21. The molecule has 0 spiro atoms. The maximum atomic E-state index is 12.9. The molecule has 0 amide bonds. The van der Waals surface area contributed by atoms with Gasteiger partial charge in [-0.2, -0.15) is 0 Å². The minimum absolute atomic E-state index is 0.163. The Hall–Kier alpha value is -4.13. The Labute approximate surface area is 214 Å². The van der Waals surface area contributed by atoms with Crippen LogP contribution in [0.4, 0.5) is 0 Å². The second-order valence-corrected chi connectivity index (χ2v) is 9.88. The van der Waals surface area contributed by atoms with Crippen LogP contribution in [0, 0.1) is 27.7 Å². The van der Waals surface area contributed by atoms with Crippen LogP contribution in [0.3, 0.4) is 0 Å². The number of phenolic OH excluding ortho intramolecular Hbond substituents is 2. The van der Waals surface area contributed by atoms with E-state index in [2.05, 4.69) is 0 Å². The monoisotopic (exact) mass is 522 g/mol. The third-order valence-electron chi connectivity index (χ3n) is 5.50. The van der Waals surface area contributed by atoms with E-state index in [4.69, 9.17) is 18.5 Å². The fourth-order valence-corrected chi connectivity index (χ4v) is 4.48. The SMILES string of the molecule is Cc1ccc(Oc2cc(O)c(OP(=O)(O)Oc3c(C)cccc3O)c(C)c2Oc2ccc(C)cc2)cc1.